The lowest BCUT2D eigenvalue weighted by molar-refractivity contribution is -0.238. The normalized spacial score (nSPS) is 21.7. The molecule has 241 valence electrons. The standard InChI is InChI=1S/C35H39N4O7/c1-8-35(46-31(42)26(13-19(2)3)37-29(40)24-16-33(4,5)39(44)34(24,6)7)23-15-27-28-21(14-20-11-9-10-12-25(20)36-28)17-38(27)30(41)22(23)18-45-32(35)43/h9-12,14-16,19,26H,8,13,17-18H2,1-7H3,(H,37,40)/t26-,35-/m0/s1. The molecule has 0 spiro atoms. The van der Waals surface area contributed by atoms with Gasteiger partial charge in [0.15, 0.2) is 0 Å². The van der Waals surface area contributed by atoms with Gasteiger partial charge in [0, 0.05) is 22.1 Å². The highest BCUT2D eigenvalue weighted by atomic mass is 16.6. The van der Waals surface area contributed by atoms with Crippen LogP contribution in [0.2, 0.25) is 0 Å². The van der Waals surface area contributed by atoms with Gasteiger partial charge in [-0.05, 0) is 64.7 Å². The Hall–Kier alpha value is -4.35. The van der Waals surface area contributed by atoms with Crippen molar-refractivity contribution in [2.45, 2.75) is 97.2 Å². The molecule has 1 amide bonds. The Morgan fingerprint density at radius 2 is 1.83 bits per heavy atom. The molecule has 2 aromatic heterocycles. The molecule has 3 aliphatic rings. The number of hydroxylamine groups is 2. The van der Waals surface area contributed by atoms with E-state index in [2.05, 4.69) is 5.32 Å². The number of aromatic nitrogens is 2. The number of ether oxygens (including phenoxy) is 2. The molecule has 1 aromatic carbocycles. The second-order valence-electron chi connectivity index (χ2n) is 13.9. The predicted octanol–water partition coefficient (Wildman–Crippen LogP) is 4.31. The summed E-state index contributed by atoms with van der Waals surface area (Å²) in [5.41, 5.74) is -0.786. The number of nitrogens with one attached hydrogen (secondary N) is 1. The summed E-state index contributed by atoms with van der Waals surface area (Å²) in [4.78, 5) is 59.9. The van der Waals surface area contributed by atoms with Gasteiger partial charge in [0.05, 0.1) is 40.1 Å². The first kappa shape index (κ1) is 31.6. The summed E-state index contributed by atoms with van der Waals surface area (Å²) < 4.78 is 13.2. The number of hydrogen-bond donors (Lipinski definition) is 1. The number of amides is 1. The Bertz CT molecular complexity index is 1890. The molecule has 46 heavy (non-hydrogen) atoms. The minimum absolute atomic E-state index is 0.00860. The molecule has 1 radical (unpaired) electrons. The fourth-order valence-corrected chi connectivity index (χ4v) is 7.01. The van der Waals surface area contributed by atoms with Crippen LogP contribution >= 0.6 is 0 Å². The maximum atomic E-state index is 14.0. The molecule has 0 bridgehead atoms. The first-order chi connectivity index (χ1) is 21.6. The third-order valence-electron chi connectivity index (χ3n) is 9.39. The van der Waals surface area contributed by atoms with Gasteiger partial charge in [-0.25, -0.2) is 14.6 Å². The summed E-state index contributed by atoms with van der Waals surface area (Å²) in [6.45, 7) is 12.3. The van der Waals surface area contributed by atoms with E-state index in [-0.39, 0.29) is 47.6 Å². The minimum Gasteiger partial charge on any atom is -0.457 e. The molecular formula is C35H39N4O7. The van der Waals surface area contributed by atoms with Gasteiger partial charge in [0.2, 0.25) is 11.5 Å². The van der Waals surface area contributed by atoms with E-state index in [9.17, 15) is 24.4 Å². The third-order valence-corrected chi connectivity index (χ3v) is 9.39. The Labute approximate surface area is 267 Å². The monoisotopic (exact) mass is 627 g/mol. The summed E-state index contributed by atoms with van der Waals surface area (Å²) in [6.07, 6.45) is 1.81. The lowest BCUT2D eigenvalue weighted by Gasteiger charge is -2.37. The van der Waals surface area contributed by atoms with Crippen molar-refractivity contribution in [3.05, 3.63) is 75.1 Å². The maximum absolute atomic E-state index is 14.0. The molecule has 2 atom stereocenters. The number of pyridine rings is 2. The van der Waals surface area contributed by atoms with Crippen LogP contribution in [0.15, 0.2) is 52.8 Å². The molecule has 0 fully saturated rings. The Kier molecular flexibility index (Phi) is 7.48. The Morgan fingerprint density at radius 3 is 2.48 bits per heavy atom. The molecule has 3 aliphatic heterocycles. The summed E-state index contributed by atoms with van der Waals surface area (Å²) in [5.74, 6) is -2.23. The van der Waals surface area contributed by atoms with Crippen molar-refractivity contribution in [1.82, 2.24) is 19.9 Å². The SMILES string of the molecule is CC[C@@]1(OC(=O)[C@H](CC(C)C)NC(=O)C2=CC(C)(C)N([O])C2(C)C)C(=O)OCc2c1cc1n(c2=O)Cc2cc3ccccc3nc2-1. The maximum Gasteiger partial charge on any atom is 0.355 e. The lowest BCUT2D eigenvalue weighted by Crippen LogP contribution is -2.53. The summed E-state index contributed by atoms with van der Waals surface area (Å²) in [6, 6.07) is 10.3. The smallest absolute Gasteiger partial charge is 0.355 e. The molecule has 0 saturated carbocycles. The fourth-order valence-electron chi connectivity index (χ4n) is 7.01. The van der Waals surface area contributed by atoms with Crippen molar-refractivity contribution in [3.8, 4) is 11.4 Å². The molecule has 5 heterocycles. The molecule has 11 nitrogen and oxygen atoms in total. The highest BCUT2D eigenvalue weighted by Crippen LogP contribution is 2.42. The number of para-hydroxylation sites is 1. The van der Waals surface area contributed by atoms with Crippen molar-refractivity contribution in [2.24, 2.45) is 5.92 Å². The van der Waals surface area contributed by atoms with E-state index in [0.29, 0.717) is 17.9 Å². The van der Waals surface area contributed by atoms with Gasteiger partial charge < -0.3 is 19.4 Å². The second-order valence-corrected chi connectivity index (χ2v) is 13.9. The van der Waals surface area contributed by atoms with Crippen LogP contribution in [-0.2, 0) is 47.8 Å². The number of hydrogen-bond acceptors (Lipinski definition) is 8. The number of carbonyl (C=O) groups is 3. The van der Waals surface area contributed by atoms with Crippen LogP contribution in [0.1, 0.15) is 78.0 Å². The van der Waals surface area contributed by atoms with E-state index in [1.54, 1.807) is 51.3 Å². The Morgan fingerprint density at radius 1 is 1.11 bits per heavy atom. The predicted molar refractivity (Wildman–Crippen MR) is 169 cm³/mol. The van der Waals surface area contributed by atoms with E-state index >= 15 is 0 Å². The van der Waals surface area contributed by atoms with Gasteiger partial charge >= 0.3 is 11.9 Å². The zero-order valence-electron chi connectivity index (χ0n) is 27.2. The number of benzene rings is 1. The molecule has 0 saturated heterocycles. The summed E-state index contributed by atoms with van der Waals surface area (Å²) in [7, 11) is 0. The minimum atomic E-state index is -1.92. The average Bonchev–Trinajstić information content (AvgIpc) is 3.44. The van der Waals surface area contributed by atoms with Crippen molar-refractivity contribution in [3.63, 3.8) is 0 Å². The number of cyclic esters (lactones) is 1. The Balaban J connectivity index is 1.38. The first-order valence-corrected chi connectivity index (χ1v) is 15.7. The zero-order chi connectivity index (χ0) is 33.3. The van der Waals surface area contributed by atoms with Crippen molar-refractivity contribution in [1.29, 1.82) is 0 Å². The van der Waals surface area contributed by atoms with Crippen LogP contribution in [0, 0.1) is 5.92 Å². The average molecular weight is 628 g/mol. The summed E-state index contributed by atoms with van der Waals surface area (Å²) >= 11 is 0. The highest BCUT2D eigenvalue weighted by Gasteiger charge is 2.52. The van der Waals surface area contributed by atoms with E-state index in [1.165, 1.54) is 0 Å². The van der Waals surface area contributed by atoms with E-state index in [0.717, 1.165) is 21.5 Å². The third kappa shape index (κ3) is 4.84. The van der Waals surface area contributed by atoms with E-state index in [1.807, 2.05) is 44.2 Å². The van der Waals surface area contributed by atoms with Gasteiger partial charge in [-0.2, -0.15) is 0 Å². The van der Waals surface area contributed by atoms with Gasteiger partial charge in [-0.15, -0.1) is 10.3 Å². The summed E-state index contributed by atoms with van der Waals surface area (Å²) in [5, 5.41) is 17.5. The van der Waals surface area contributed by atoms with Gasteiger partial charge in [-0.3, -0.25) is 9.59 Å². The topological polar surface area (TPSA) is 140 Å². The molecule has 0 aliphatic carbocycles. The van der Waals surface area contributed by atoms with Gasteiger partial charge in [-0.1, -0.05) is 45.0 Å². The molecular weight excluding hydrogens is 588 g/mol. The lowest BCUT2D eigenvalue weighted by atomic mass is 9.85. The molecule has 11 heteroatoms. The van der Waals surface area contributed by atoms with Crippen LogP contribution in [0.25, 0.3) is 22.3 Å². The van der Waals surface area contributed by atoms with Crippen LogP contribution in [-0.4, -0.2) is 49.6 Å². The first-order valence-electron chi connectivity index (χ1n) is 15.7. The molecule has 0 unspecified atom stereocenters. The number of esters is 2. The number of carbonyl (C=O) groups excluding carboxylic acids is 3. The number of rotatable bonds is 7. The second kappa shape index (κ2) is 10.9. The van der Waals surface area contributed by atoms with Crippen molar-refractivity contribution >= 4 is 28.7 Å². The van der Waals surface area contributed by atoms with Crippen LogP contribution < -0.4 is 10.9 Å². The molecule has 6 rings (SSSR count). The van der Waals surface area contributed by atoms with Crippen LogP contribution in [0.3, 0.4) is 0 Å². The van der Waals surface area contributed by atoms with Gasteiger partial charge in [0.1, 0.15) is 12.6 Å². The van der Waals surface area contributed by atoms with E-state index in [4.69, 9.17) is 14.5 Å². The van der Waals surface area contributed by atoms with Crippen LogP contribution in [0.5, 0.6) is 0 Å². The quantitative estimate of drug-likeness (QED) is 0.299. The van der Waals surface area contributed by atoms with E-state index < -0.39 is 40.6 Å². The largest absolute Gasteiger partial charge is 0.457 e. The van der Waals surface area contributed by atoms with Crippen LogP contribution in [0.4, 0.5) is 0 Å². The number of nitrogens with zero attached hydrogens (tertiary/aromatic N) is 3. The zero-order valence-corrected chi connectivity index (χ0v) is 27.2. The van der Waals surface area contributed by atoms with Gasteiger partial charge in [0.25, 0.3) is 5.56 Å². The highest BCUT2D eigenvalue weighted by molar-refractivity contribution is 5.99. The molecule has 1 N–H and O–H groups in total. The molecule has 3 aromatic rings. The number of fused-ring (bicyclic) bond motifs is 5. The fraction of sp³-hybridized carbons (Fsp3) is 0.457. The van der Waals surface area contributed by atoms with Crippen molar-refractivity contribution in [2.75, 3.05) is 0 Å². The van der Waals surface area contributed by atoms with Crippen molar-refractivity contribution < 1.29 is 29.1 Å².